The fraction of sp³-hybridized carbons (Fsp3) is 0.222. The maximum absolute atomic E-state index is 5.45. The number of anilines is 2. The SMILES string of the molecule is COc1ccc(Nc2cc(C)nc3nc(C)ccc23)c(OC)c1. The van der Waals surface area contributed by atoms with E-state index >= 15 is 0 Å². The molecule has 5 nitrogen and oxygen atoms in total. The Morgan fingerprint density at radius 2 is 1.61 bits per heavy atom. The van der Waals surface area contributed by atoms with Crippen molar-refractivity contribution in [2.75, 3.05) is 19.5 Å². The molecule has 0 amide bonds. The summed E-state index contributed by atoms with van der Waals surface area (Å²) in [5.74, 6) is 1.47. The second-order valence-corrected chi connectivity index (χ2v) is 5.33. The molecule has 0 saturated heterocycles. The first-order valence-electron chi connectivity index (χ1n) is 7.35. The predicted octanol–water partition coefficient (Wildman–Crippen LogP) is 4.01. The van der Waals surface area contributed by atoms with Gasteiger partial charge in [0.2, 0.25) is 0 Å². The van der Waals surface area contributed by atoms with Crippen LogP contribution in [-0.4, -0.2) is 24.2 Å². The Labute approximate surface area is 135 Å². The third-order valence-corrected chi connectivity index (χ3v) is 3.62. The fourth-order valence-electron chi connectivity index (χ4n) is 2.47. The first-order valence-corrected chi connectivity index (χ1v) is 7.35. The van der Waals surface area contributed by atoms with Crippen LogP contribution in [0.15, 0.2) is 36.4 Å². The summed E-state index contributed by atoms with van der Waals surface area (Å²) in [7, 11) is 3.27. The molecule has 0 aliphatic carbocycles. The van der Waals surface area contributed by atoms with Crippen molar-refractivity contribution in [3.05, 3.63) is 47.8 Å². The van der Waals surface area contributed by atoms with E-state index in [0.29, 0.717) is 5.75 Å². The molecule has 0 unspecified atom stereocenters. The van der Waals surface area contributed by atoms with Crippen molar-refractivity contribution >= 4 is 22.4 Å². The smallest absolute Gasteiger partial charge is 0.161 e. The molecule has 2 aromatic heterocycles. The number of benzene rings is 1. The lowest BCUT2D eigenvalue weighted by Crippen LogP contribution is -1.99. The summed E-state index contributed by atoms with van der Waals surface area (Å²) in [4.78, 5) is 9.01. The van der Waals surface area contributed by atoms with Crippen molar-refractivity contribution in [2.45, 2.75) is 13.8 Å². The molecule has 3 aromatic rings. The normalized spacial score (nSPS) is 10.6. The Balaban J connectivity index is 2.08. The highest BCUT2D eigenvalue weighted by atomic mass is 16.5. The number of methoxy groups -OCH3 is 2. The van der Waals surface area contributed by atoms with Crippen molar-refractivity contribution in [3.8, 4) is 11.5 Å². The number of nitrogens with zero attached hydrogens (tertiary/aromatic N) is 2. The number of rotatable bonds is 4. The van der Waals surface area contributed by atoms with Crippen LogP contribution in [0.3, 0.4) is 0 Å². The largest absolute Gasteiger partial charge is 0.497 e. The number of hydrogen-bond donors (Lipinski definition) is 1. The predicted molar refractivity (Wildman–Crippen MR) is 91.8 cm³/mol. The van der Waals surface area contributed by atoms with Gasteiger partial charge in [-0.15, -0.1) is 0 Å². The van der Waals surface area contributed by atoms with E-state index in [9.17, 15) is 0 Å². The van der Waals surface area contributed by atoms with Gasteiger partial charge in [0.15, 0.2) is 5.65 Å². The summed E-state index contributed by atoms with van der Waals surface area (Å²) in [6.07, 6.45) is 0. The third kappa shape index (κ3) is 3.04. The number of pyridine rings is 2. The maximum Gasteiger partial charge on any atom is 0.161 e. The van der Waals surface area contributed by atoms with Crippen LogP contribution < -0.4 is 14.8 Å². The molecule has 3 rings (SSSR count). The van der Waals surface area contributed by atoms with Crippen LogP contribution in [0.4, 0.5) is 11.4 Å². The van der Waals surface area contributed by atoms with Crippen molar-refractivity contribution < 1.29 is 9.47 Å². The summed E-state index contributed by atoms with van der Waals surface area (Å²) in [5.41, 5.74) is 4.40. The Morgan fingerprint density at radius 3 is 2.35 bits per heavy atom. The molecule has 0 aliphatic heterocycles. The number of nitrogens with one attached hydrogen (secondary N) is 1. The van der Waals surface area contributed by atoms with E-state index in [1.807, 2.05) is 50.2 Å². The van der Waals surface area contributed by atoms with E-state index in [1.54, 1.807) is 14.2 Å². The number of hydrogen-bond acceptors (Lipinski definition) is 5. The van der Waals surface area contributed by atoms with Gasteiger partial charge in [-0.2, -0.15) is 0 Å². The lowest BCUT2D eigenvalue weighted by atomic mass is 10.2. The molecule has 0 spiro atoms. The summed E-state index contributed by atoms with van der Waals surface area (Å²) >= 11 is 0. The van der Waals surface area contributed by atoms with Gasteiger partial charge in [-0.05, 0) is 44.2 Å². The van der Waals surface area contributed by atoms with Gasteiger partial charge in [0, 0.05) is 22.8 Å². The highest BCUT2D eigenvalue weighted by Gasteiger charge is 2.10. The van der Waals surface area contributed by atoms with Crippen LogP contribution in [-0.2, 0) is 0 Å². The minimum absolute atomic E-state index is 0.715. The average Bonchev–Trinajstić information content (AvgIpc) is 2.54. The lowest BCUT2D eigenvalue weighted by Gasteiger charge is -2.14. The zero-order chi connectivity index (χ0) is 16.4. The Kier molecular flexibility index (Phi) is 4.02. The molecule has 118 valence electrons. The minimum Gasteiger partial charge on any atom is -0.497 e. The van der Waals surface area contributed by atoms with Crippen LogP contribution in [0.5, 0.6) is 11.5 Å². The topological polar surface area (TPSA) is 56.3 Å². The molecule has 0 atom stereocenters. The summed E-state index contributed by atoms with van der Waals surface area (Å²) < 4.78 is 10.7. The van der Waals surface area contributed by atoms with Crippen LogP contribution >= 0.6 is 0 Å². The molecular weight excluding hydrogens is 290 g/mol. The van der Waals surface area contributed by atoms with Gasteiger partial charge in [0.25, 0.3) is 0 Å². The van der Waals surface area contributed by atoms with Gasteiger partial charge in [-0.25, -0.2) is 9.97 Å². The van der Waals surface area contributed by atoms with E-state index in [4.69, 9.17) is 9.47 Å². The molecule has 0 fully saturated rings. The van der Waals surface area contributed by atoms with Gasteiger partial charge in [0.1, 0.15) is 11.5 Å². The van der Waals surface area contributed by atoms with E-state index in [1.165, 1.54) is 0 Å². The first kappa shape index (κ1) is 15.1. The van der Waals surface area contributed by atoms with Gasteiger partial charge in [-0.3, -0.25) is 0 Å². The van der Waals surface area contributed by atoms with Gasteiger partial charge in [-0.1, -0.05) is 0 Å². The highest BCUT2D eigenvalue weighted by Crippen LogP contribution is 2.33. The molecule has 0 radical (unpaired) electrons. The Bertz CT molecular complexity index is 857. The standard InChI is InChI=1S/C18H19N3O2/c1-11-5-7-14-16(9-12(2)20-18(14)19-11)21-15-8-6-13(22-3)10-17(15)23-4/h5-10H,1-4H3,(H,19,20,21). The molecule has 23 heavy (non-hydrogen) atoms. The number of aromatic nitrogens is 2. The molecular formula is C18H19N3O2. The van der Waals surface area contributed by atoms with E-state index in [-0.39, 0.29) is 0 Å². The van der Waals surface area contributed by atoms with Crippen LogP contribution in [0.1, 0.15) is 11.4 Å². The van der Waals surface area contributed by atoms with Gasteiger partial charge in [0.05, 0.1) is 25.6 Å². The number of aryl methyl sites for hydroxylation is 2. The minimum atomic E-state index is 0.715. The van der Waals surface area contributed by atoms with E-state index < -0.39 is 0 Å². The zero-order valence-corrected chi connectivity index (χ0v) is 13.7. The van der Waals surface area contributed by atoms with Gasteiger partial charge >= 0.3 is 0 Å². The first-order chi connectivity index (χ1) is 11.1. The summed E-state index contributed by atoms with van der Waals surface area (Å²) in [6.45, 7) is 3.92. The van der Waals surface area contributed by atoms with E-state index in [2.05, 4.69) is 15.3 Å². The van der Waals surface area contributed by atoms with Crippen LogP contribution in [0, 0.1) is 13.8 Å². The third-order valence-electron chi connectivity index (χ3n) is 3.62. The average molecular weight is 309 g/mol. The monoisotopic (exact) mass is 309 g/mol. The molecule has 0 saturated carbocycles. The number of fused-ring (bicyclic) bond motifs is 1. The van der Waals surface area contributed by atoms with Crippen molar-refractivity contribution in [2.24, 2.45) is 0 Å². The van der Waals surface area contributed by atoms with Crippen molar-refractivity contribution in [1.29, 1.82) is 0 Å². The van der Waals surface area contributed by atoms with Crippen molar-refractivity contribution in [1.82, 2.24) is 9.97 Å². The molecule has 0 aliphatic rings. The quantitative estimate of drug-likeness (QED) is 0.789. The number of ether oxygens (including phenoxy) is 2. The second-order valence-electron chi connectivity index (χ2n) is 5.33. The fourth-order valence-corrected chi connectivity index (χ4v) is 2.47. The van der Waals surface area contributed by atoms with E-state index in [0.717, 1.165) is 39.5 Å². The summed E-state index contributed by atoms with van der Waals surface area (Å²) in [5, 5.41) is 4.39. The second kappa shape index (κ2) is 6.12. The zero-order valence-electron chi connectivity index (χ0n) is 13.7. The molecule has 2 heterocycles. The summed E-state index contributed by atoms with van der Waals surface area (Å²) in [6, 6.07) is 11.7. The lowest BCUT2D eigenvalue weighted by molar-refractivity contribution is 0.395. The van der Waals surface area contributed by atoms with Crippen LogP contribution in [0.25, 0.3) is 11.0 Å². The Hall–Kier alpha value is -2.82. The Morgan fingerprint density at radius 1 is 0.826 bits per heavy atom. The maximum atomic E-state index is 5.45. The molecule has 1 aromatic carbocycles. The highest BCUT2D eigenvalue weighted by molar-refractivity contribution is 5.91. The van der Waals surface area contributed by atoms with Crippen molar-refractivity contribution in [3.63, 3.8) is 0 Å². The molecule has 5 heteroatoms. The molecule has 0 bridgehead atoms. The van der Waals surface area contributed by atoms with Crippen LogP contribution in [0.2, 0.25) is 0 Å². The van der Waals surface area contributed by atoms with Gasteiger partial charge < -0.3 is 14.8 Å². The molecule has 1 N–H and O–H groups in total.